The molecule has 2 aromatic heterocycles. The molecule has 0 spiro atoms. The largest absolute Gasteiger partial charge is 0.465 e. The summed E-state index contributed by atoms with van der Waals surface area (Å²) in [5.74, 6) is -0.795. The molecule has 104 valence electrons. The predicted octanol–water partition coefficient (Wildman–Crippen LogP) is 3.25. The van der Waals surface area contributed by atoms with Gasteiger partial charge in [0.1, 0.15) is 4.88 Å². The van der Waals surface area contributed by atoms with Gasteiger partial charge in [0, 0.05) is 16.9 Å². The number of thiophene rings is 1. The fourth-order valence-corrected chi connectivity index (χ4v) is 2.85. The highest BCUT2D eigenvalue weighted by Crippen LogP contribution is 2.28. The molecule has 7 heteroatoms. The van der Waals surface area contributed by atoms with Gasteiger partial charge in [-0.3, -0.25) is 9.78 Å². The molecule has 0 aliphatic rings. The molecule has 0 atom stereocenters. The Bertz CT molecular complexity index is 669. The Labute approximate surface area is 128 Å². The highest BCUT2D eigenvalue weighted by atomic mass is 79.9. The Morgan fingerprint density at radius 1 is 1.40 bits per heavy atom. The highest BCUT2D eigenvalue weighted by Gasteiger charge is 2.19. The summed E-state index contributed by atoms with van der Waals surface area (Å²) in [7, 11) is 1.31. The number of carbonyl (C=O) groups excluding carboxylic acids is 2. The number of esters is 1. The topological polar surface area (TPSA) is 68.3 Å². The molecule has 0 aliphatic carbocycles. The van der Waals surface area contributed by atoms with Crippen LogP contribution >= 0.6 is 27.3 Å². The van der Waals surface area contributed by atoms with Crippen LogP contribution in [0.4, 0.5) is 5.69 Å². The molecule has 0 fully saturated rings. The first kappa shape index (κ1) is 14.7. The van der Waals surface area contributed by atoms with Crippen molar-refractivity contribution in [2.75, 3.05) is 12.4 Å². The van der Waals surface area contributed by atoms with Gasteiger partial charge in [0.25, 0.3) is 5.91 Å². The Morgan fingerprint density at radius 3 is 2.80 bits per heavy atom. The van der Waals surface area contributed by atoms with E-state index in [9.17, 15) is 9.59 Å². The van der Waals surface area contributed by atoms with E-state index in [0.29, 0.717) is 20.6 Å². The quantitative estimate of drug-likeness (QED) is 0.859. The molecule has 2 aromatic rings. The van der Waals surface area contributed by atoms with Crippen molar-refractivity contribution >= 4 is 44.8 Å². The smallest absolute Gasteiger partial charge is 0.350 e. The molecule has 2 rings (SSSR count). The van der Waals surface area contributed by atoms with Gasteiger partial charge in [-0.05, 0) is 39.9 Å². The van der Waals surface area contributed by atoms with E-state index in [-0.39, 0.29) is 5.91 Å². The van der Waals surface area contributed by atoms with Gasteiger partial charge in [0.15, 0.2) is 0 Å². The SMILES string of the molecule is COC(=O)c1scc(C)c1NC(=O)c1cncc(Br)c1. The molecule has 2 heterocycles. The number of nitrogens with one attached hydrogen (secondary N) is 1. The third-order valence-electron chi connectivity index (χ3n) is 2.55. The van der Waals surface area contributed by atoms with Gasteiger partial charge in [-0.2, -0.15) is 0 Å². The summed E-state index contributed by atoms with van der Waals surface area (Å²) in [6.45, 7) is 1.82. The summed E-state index contributed by atoms with van der Waals surface area (Å²) in [5, 5.41) is 4.52. The number of aryl methyl sites for hydroxylation is 1. The minimum absolute atomic E-state index is 0.328. The van der Waals surface area contributed by atoms with E-state index < -0.39 is 5.97 Å². The second-order valence-electron chi connectivity index (χ2n) is 3.96. The van der Waals surface area contributed by atoms with Crippen LogP contribution in [-0.4, -0.2) is 24.0 Å². The third kappa shape index (κ3) is 3.05. The second kappa shape index (κ2) is 6.15. The monoisotopic (exact) mass is 354 g/mol. The van der Waals surface area contributed by atoms with Crippen LogP contribution in [0.3, 0.4) is 0 Å². The minimum atomic E-state index is -0.467. The van der Waals surface area contributed by atoms with Crippen molar-refractivity contribution < 1.29 is 14.3 Å². The molecule has 0 saturated heterocycles. The van der Waals surface area contributed by atoms with Crippen LogP contribution in [0, 0.1) is 6.92 Å². The summed E-state index contributed by atoms with van der Waals surface area (Å²) in [5.41, 5.74) is 1.69. The Kier molecular flexibility index (Phi) is 4.51. The molecule has 1 N–H and O–H groups in total. The third-order valence-corrected chi connectivity index (χ3v) is 4.06. The number of pyridine rings is 1. The zero-order valence-electron chi connectivity index (χ0n) is 10.8. The summed E-state index contributed by atoms with van der Waals surface area (Å²) in [6, 6.07) is 1.65. The van der Waals surface area contributed by atoms with Crippen molar-refractivity contribution in [3.63, 3.8) is 0 Å². The fraction of sp³-hybridized carbons (Fsp3) is 0.154. The molecule has 0 radical (unpaired) electrons. The number of carbonyl (C=O) groups is 2. The lowest BCUT2D eigenvalue weighted by molar-refractivity contribution is 0.0607. The number of halogens is 1. The van der Waals surface area contributed by atoms with Gasteiger partial charge in [-0.1, -0.05) is 0 Å². The van der Waals surface area contributed by atoms with Crippen LogP contribution in [0.2, 0.25) is 0 Å². The fourth-order valence-electron chi connectivity index (χ4n) is 1.56. The normalized spacial score (nSPS) is 10.2. The van der Waals surface area contributed by atoms with Crippen molar-refractivity contribution in [1.29, 1.82) is 0 Å². The van der Waals surface area contributed by atoms with E-state index in [1.54, 1.807) is 17.6 Å². The standard InChI is InChI=1S/C13H11BrN2O3S/c1-7-6-20-11(13(18)19-2)10(7)16-12(17)8-3-9(14)5-15-4-8/h3-6H,1-2H3,(H,16,17). The second-order valence-corrected chi connectivity index (χ2v) is 5.76. The highest BCUT2D eigenvalue weighted by molar-refractivity contribution is 9.10. The first-order chi connectivity index (χ1) is 9.52. The van der Waals surface area contributed by atoms with Crippen LogP contribution in [0.1, 0.15) is 25.6 Å². The molecule has 0 aromatic carbocycles. The number of amides is 1. The van der Waals surface area contributed by atoms with E-state index in [2.05, 4.69) is 26.2 Å². The van der Waals surface area contributed by atoms with Crippen LogP contribution in [0.15, 0.2) is 28.3 Å². The van der Waals surface area contributed by atoms with Gasteiger partial charge < -0.3 is 10.1 Å². The summed E-state index contributed by atoms with van der Waals surface area (Å²) in [6.07, 6.45) is 3.05. The number of ether oxygens (including phenoxy) is 1. The number of hydrogen-bond donors (Lipinski definition) is 1. The molecule has 0 saturated carbocycles. The molecule has 20 heavy (non-hydrogen) atoms. The maximum Gasteiger partial charge on any atom is 0.350 e. The molecule has 0 bridgehead atoms. The number of aromatic nitrogens is 1. The molecule has 1 amide bonds. The van der Waals surface area contributed by atoms with Crippen LogP contribution in [-0.2, 0) is 4.74 Å². The van der Waals surface area contributed by atoms with Gasteiger partial charge >= 0.3 is 5.97 Å². The van der Waals surface area contributed by atoms with E-state index in [4.69, 9.17) is 4.74 Å². The molecule has 0 unspecified atom stereocenters. The molecular formula is C13H11BrN2O3S. The van der Waals surface area contributed by atoms with Gasteiger partial charge in [-0.25, -0.2) is 4.79 Å². The van der Waals surface area contributed by atoms with E-state index in [0.717, 1.165) is 5.56 Å². The average molecular weight is 355 g/mol. The van der Waals surface area contributed by atoms with E-state index >= 15 is 0 Å². The first-order valence-corrected chi connectivity index (χ1v) is 7.28. The molecule has 5 nitrogen and oxygen atoms in total. The van der Waals surface area contributed by atoms with Crippen molar-refractivity contribution in [3.05, 3.63) is 44.3 Å². The van der Waals surface area contributed by atoms with Gasteiger partial charge in [0.05, 0.1) is 18.4 Å². The number of nitrogens with zero attached hydrogens (tertiary/aromatic N) is 1. The lowest BCUT2D eigenvalue weighted by Gasteiger charge is -2.07. The average Bonchev–Trinajstić information content (AvgIpc) is 2.79. The zero-order chi connectivity index (χ0) is 14.7. The minimum Gasteiger partial charge on any atom is -0.465 e. The number of rotatable bonds is 3. The lowest BCUT2D eigenvalue weighted by atomic mass is 10.2. The van der Waals surface area contributed by atoms with E-state index in [1.165, 1.54) is 24.6 Å². The van der Waals surface area contributed by atoms with Crippen LogP contribution < -0.4 is 5.32 Å². The summed E-state index contributed by atoms with van der Waals surface area (Å²) in [4.78, 5) is 28.1. The van der Waals surface area contributed by atoms with Crippen LogP contribution in [0.25, 0.3) is 0 Å². The first-order valence-electron chi connectivity index (χ1n) is 5.61. The Hall–Kier alpha value is -1.73. The lowest BCUT2D eigenvalue weighted by Crippen LogP contribution is -2.15. The predicted molar refractivity (Wildman–Crippen MR) is 80.3 cm³/mol. The maximum absolute atomic E-state index is 12.2. The van der Waals surface area contributed by atoms with Crippen molar-refractivity contribution in [2.45, 2.75) is 6.92 Å². The van der Waals surface area contributed by atoms with Gasteiger partial charge in [0.2, 0.25) is 0 Å². The Balaban J connectivity index is 2.28. The zero-order valence-corrected chi connectivity index (χ0v) is 13.2. The van der Waals surface area contributed by atoms with Crippen molar-refractivity contribution in [1.82, 2.24) is 4.98 Å². The van der Waals surface area contributed by atoms with Crippen molar-refractivity contribution in [2.24, 2.45) is 0 Å². The number of anilines is 1. The summed E-state index contributed by atoms with van der Waals surface area (Å²) < 4.78 is 5.41. The Morgan fingerprint density at radius 2 is 2.15 bits per heavy atom. The maximum atomic E-state index is 12.2. The van der Waals surface area contributed by atoms with Gasteiger partial charge in [-0.15, -0.1) is 11.3 Å². The summed E-state index contributed by atoms with van der Waals surface area (Å²) >= 11 is 4.49. The molecule has 0 aliphatic heterocycles. The number of hydrogen-bond acceptors (Lipinski definition) is 5. The number of methoxy groups -OCH3 is 1. The van der Waals surface area contributed by atoms with E-state index in [1.807, 2.05) is 6.92 Å². The molecular weight excluding hydrogens is 344 g/mol. The van der Waals surface area contributed by atoms with Crippen LogP contribution in [0.5, 0.6) is 0 Å². The van der Waals surface area contributed by atoms with Crippen molar-refractivity contribution in [3.8, 4) is 0 Å².